The average Bonchev–Trinajstić information content (AvgIpc) is 3.14. The molecule has 0 unspecified atom stereocenters. The molecule has 0 spiro atoms. The minimum atomic E-state index is -0.225. The van der Waals surface area contributed by atoms with Gasteiger partial charge in [-0.1, -0.05) is 0 Å². The fourth-order valence-corrected chi connectivity index (χ4v) is 3.85. The molecule has 0 saturated carbocycles. The van der Waals surface area contributed by atoms with Crippen LogP contribution in [0, 0.1) is 12.7 Å². The second-order valence-electron chi connectivity index (χ2n) is 5.84. The number of anilines is 1. The summed E-state index contributed by atoms with van der Waals surface area (Å²) >= 11 is 1.32. The lowest BCUT2D eigenvalue weighted by atomic mass is 10.1. The van der Waals surface area contributed by atoms with Crippen LogP contribution in [0.3, 0.4) is 0 Å². The van der Waals surface area contributed by atoms with Crippen LogP contribution in [0.15, 0.2) is 22.0 Å². The standard InChI is InChI=1S/C17H20FN3OS/c1-11-8-14(21-6-4-5-7-21)13(18)9-12(11)10-15-16(22)20(3)17(19-2)23-15/h8-10H,4-7H2,1-3H3. The van der Waals surface area contributed by atoms with E-state index in [9.17, 15) is 9.18 Å². The van der Waals surface area contributed by atoms with Crippen LogP contribution in [0.2, 0.25) is 0 Å². The van der Waals surface area contributed by atoms with Crippen LogP contribution < -0.4 is 4.90 Å². The maximum Gasteiger partial charge on any atom is 0.266 e. The van der Waals surface area contributed by atoms with E-state index in [0.29, 0.717) is 15.8 Å². The van der Waals surface area contributed by atoms with Gasteiger partial charge in [0.2, 0.25) is 0 Å². The highest BCUT2D eigenvalue weighted by molar-refractivity contribution is 8.18. The Labute approximate surface area is 140 Å². The molecule has 1 aromatic carbocycles. The molecule has 4 nitrogen and oxygen atoms in total. The topological polar surface area (TPSA) is 35.9 Å². The van der Waals surface area contributed by atoms with E-state index in [1.54, 1.807) is 20.2 Å². The molecular formula is C17H20FN3OS. The van der Waals surface area contributed by atoms with Crippen molar-refractivity contribution < 1.29 is 9.18 Å². The summed E-state index contributed by atoms with van der Waals surface area (Å²) in [6.07, 6.45) is 3.98. The lowest BCUT2D eigenvalue weighted by molar-refractivity contribution is -0.121. The SMILES string of the molecule is CN=C1SC(=Cc2cc(F)c(N3CCCC3)cc2C)C(=O)N1C. The molecule has 0 aliphatic carbocycles. The smallest absolute Gasteiger partial charge is 0.266 e. The van der Waals surface area contributed by atoms with Gasteiger partial charge in [0.05, 0.1) is 10.6 Å². The van der Waals surface area contributed by atoms with Crippen molar-refractivity contribution >= 4 is 34.6 Å². The van der Waals surface area contributed by atoms with E-state index >= 15 is 0 Å². The number of carbonyl (C=O) groups excluding carboxylic acids is 1. The number of hydrogen-bond donors (Lipinski definition) is 0. The minimum Gasteiger partial charge on any atom is -0.369 e. The summed E-state index contributed by atoms with van der Waals surface area (Å²) in [6.45, 7) is 3.77. The fourth-order valence-electron chi connectivity index (χ4n) is 2.93. The Kier molecular flexibility index (Phi) is 4.43. The Hall–Kier alpha value is -1.82. The predicted octanol–water partition coefficient (Wildman–Crippen LogP) is 3.27. The summed E-state index contributed by atoms with van der Waals surface area (Å²) in [7, 11) is 3.35. The van der Waals surface area contributed by atoms with Crippen molar-refractivity contribution in [1.29, 1.82) is 0 Å². The molecule has 1 aromatic rings. The first kappa shape index (κ1) is 16.1. The van der Waals surface area contributed by atoms with Crippen LogP contribution >= 0.6 is 11.8 Å². The van der Waals surface area contributed by atoms with Crippen LogP contribution in [-0.4, -0.2) is 43.2 Å². The van der Waals surface area contributed by atoms with Crippen LogP contribution in [0.25, 0.3) is 6.08 Å². The van der Waals surface area contributed by atoms with Crippen molar-refractivity contribution in [2.24, 2.45) is 4.99 Å². The summed E-state index contributed by atoms with van der Waals surface area (Å²) in [6, 6.07) is 3.42. The molecule has 6 heteroatoms. The lowest BCUT2D eigenvalue weighted by Gasteiger charge is -2.19. The van der Waals surface area contributed by atoms with Gasteiger partial charge in [0.15, 0.2) is 5.17 Å². The van der Waals surface area contributed by atoms with E-state index in [4.69, 9.17) is 0 Å². The molecule has 1 amide bonds. The maximum absolute atomic E-state index is 14.5. The van der Waals surface area contributed by atoms with E-state index in [0.717, 1.165) is 37.1 Å². The summed E-state index contributed by atoms with van der Waals surface area (Å²) in [4.78, 5) is 20.5. The van der Waals surface area contributed by atoms with Crippen molar-refractivity contribution in [1.82, 2.24) is 4.90 Å². The van der Waals surface area contributed by atoms with Crippen LogP contribution in [0.5, 0.6) is 0 Å². The number of likely N-dealkylation sites (N-methyl/N-ethyl adjacent to an activating group) is 1. The van der Waals surface area contributed by atoms with Gasteiger partial charge in [-0.25, -0.2) is 4.39 Å². The van der Waals surface area contributed by atoms with Gasteiger partial charge in [-0.15, -0.1) is 0 Å². The Morgan fingerprint density at radius 3 is 2.61 bits per heavy atom. The van der Waals surface area contributed by atoms with Crippen LogP contribution in [0.4, 0.5) is 10.1 Å². The Morgan fingerprint density at radius 2 is 2.00 bits per heavy atom. The van der Waals surface area contributed by atoms with Crippen molar-refractivity contribution in [3.63, 3.8) is 0 Å². The lowest BCUT2D eigenvalue weighted by Crippen LogP contribution is -2.23. The van der Waals surface area contributed by atoms with Gasteiger partial charge >= 0.3 is 0 Å². The zero-order valence-electron chi connectivity index (χ0n) is 13.6. The highest BCUT2D eigenvalue weighted by atomic mass is 32.2. The molecule has 0 atom stereocenters. The van der Waals surface area contributed by atoms with Gasteiger partial charge in [0, 0.05) is 27.2 Å². The molecule has 2 aliphatic heterocycles. The monoisotopic (exact) mass is 333 g/mol. The molecule has 2 aliphatic rings. The molecule has 0 bridgehead atoms. The predicted molar refractivity (Wildman–Crippen MR) is 94.3 cm³/mol. The van der Waals surface area contributed by atoms with E-state index in [-0.39, 0.29) is 11.7 Å². The number of amides is 1. The quantitative estimate of drug-likeness (QED) is 0.779. The highest BCUT2D eigenvalue weighted by Crippen LogP contribution is 2.33. The number of thioether (sulfide) groups is 1. The molecule has 2 heterocycles. The molecule has 3 rings (SSSR count). The second kappa shape index (κ2) is 6.35. The Balaban J connectivity index is 1.93. The Morgan fingerprint density at radius 1 is 1.30 bits per heavy atom. The number of aryl methyl sites for hydroxylation is 1. The van der Waals surface area contributed by atoms with E-state index < -0.39 is 0 Å². The molecule has 2 saturated heterocycles. The van der Waals surface area contributed by atoms with Gasteiger partial charge in [-0.3, -0.25) is 14.7 Å². The molecule has 23 heavy (non-hydrogen) atoms. The first-order chi connectivity index (χ1) is 11.0. The number of benzene rings is 1. The number of halogens is 1. The third kappa shape index (κ3) is 3.00. The second-order valence-corrected chi connectivity index (χ2v) is 6.84. The zero-order valence-corrected chi connectivity index (χ0v) is 14.4. The fraction of sp³-hybridized carbons (Fsp3) is 0.412. The third-order valence-electron chi connectivity index (χ3n) is 4.26. The molecule has 2 fully saturated rings. The third-order valence-corrected chi connectivity index (χ3v) is 5.42. The van der Waals surface area contributed by atoms with Crippen molar-refractivity contribution in [2.45, 2.75) is 19.8 Å². The van der Waals surface area contributed by atoms with Gasteiger partial charge in [-0.05, 0) is 60.9 Å². The van der Waals surface area contributed by atoms with Crippen molar-refractivity contribution in [3.05, 3.63) is 34.0 Å². The highest BCUT2D eigenvalue weighted by Gasteiger charge is 2.30. The number of aliphatic imine (C=N–C) groups is 1. The zero-order chi connectivity index (χ0) is 16.6. The number of rotatable bonds is 2. The molecule has 0 N–H and O–H groups in total. The largest absolute Gasteiger partial charge is 0.369 e. The van der Waals surface area contributed by atoms with E-state index in [1.165, 1.54) is 22.7 Å². The van der Waals surface area contributed by atoms with Gasteiger partial charge in [0.25, 0.3) is 5.91 Å². The van der Waals surface area contributed by atoms with Gasteiger partial charge in [-0.2, -0.15) is 0 Å². The number of amidine groups is 1. The molecule has 0 radical (unpaired) electrons. The molecular weight excluding hydrogens is 313 g/mol. The van der Waals surface area contributed by atoms with Crippen LogP contribution in [-0.2, 0) is 4.79 Å². The number of carbonyl (C=O) groups is 1. The van der Waals surface area contributed by atoms with Gasteiger partial charge < -0.3 is 4.90 Å². The van der Waals surface area contributed by atoms with Crippen molar-refractivity contribution in [3.8, 4) is 0 Å². The van der Waals surface area contributed by atoms with E-state index in [2.05, 4.69) is 9.89 Å². The summed E-state index contributed by atoms with van der Waals surface area (Å²) in [5.74, 6) is -0.323. The maximum atomic E-state index is 14.5. The van der Waals surface area contributed by atoms with Crippen molar-refractivity contribution in [2.75, 3.05) is 32.1 Å². The van der Waals surface area contributed by atoms with Gasteiger partial charge in [0.1, 0.15) is 5.82 Å². The molecule has 0 aromatic heterocycles. The summed E-state index contributed by atoms with van der Waals surface area (Å²) < 4.78 is 14.5. The summed E-state index contributed by atoms with van der Waals surface area (Å²) in [5.41, 5.74) is 2.38. The number of hydrogen-bond acceptors (Lipinski definition) is 4. The Bertz CT molecular complexity index is 708. The molecule has 122 valence electrons. The first-order valence-corrected chi connectivity index (χ1v) is 8.52. The summed E-state index contributed by atoms with van der Waals surface area (Å²) in [5, 5.41) is 0.660. The normalized spacial score (nSPS) is 22.0. The average molecular weight is 333 g/mol. The minimum absolute atomic E-state index is 0.0981. The number of nitrogens with zero attached hydrogens (tertiary/aromatic N) is 3. The van der Waals surface area contributed by atoms with E-state index in [1.807, 2.05) is 13.0 Å². The van der Waals surface area contributed by atoms with Crippen LogP contribution in [0.1, 0.15) is 24.0 Å². The first-order valence-electron chi connectivity index (χ1n) is 7.70.